The lowest BCUT2D eigenvalue weighted by atomic mass is 10.2. The van der Waals surface area contributed by atoms with Gasteiger partial charge in [-0.05, 0) is 35.2 Å². The van der Waals surface area contributed by atoms with Gasteiger partial charge in [-0.2, -0.15) is 0 Å². The van der Waals surface area contributed by atoms with Crippen LogP contribution < -0.4 is 10.1 Å². The summed E-state index contributed by atoms with van der Waals surface area (Å²) in [4.78, 5) is 23.1. The van der Waals surface area contributed by atoms with Gasteiger partial charge < -0.3 is 24.2 Å². The minimum Gasteiger partial charge on any atom is -0.497 e. The Balaban J connectivity index is 1.69. The highest BCUT2D eigenvalue weighted by molar-refractivity contribution is 7.53. The van der Waals surface area contributed by atoms with Crippen LogP contribution in [-0.2, 0) is 26.9 Å². The molecule has 0 spiro atoms. The first-order valence-electron chi connectivity index (χ1n) is 10.1. The number of methoxy groups -OCH3 is 1. The van der Waals surface area contributed by atoms with Gasteiger partial charge in [-0.3, -0.25) is 4.57 Å². The molecule has 0 aliphatic carbocycles. The fourth-order valence-corrected chi connectivity index (χ4v) is 4.35. The number of alkyl carbamates (subject to hydrolysis) is 1. The Hall–Kier alpha value is -3.12. The highest BCUT2D eigenvalue weighted by Gasteiger charge is 2.36. The van der Waals surface area contributed by atoms with Gasteiger partial charge in [-0.25, -0.2) is 4.79 Å². The number of ether oxygens (including phenoxy) is 2. The third-order valence-corrected chi connectivity index (χ3v) is 6.37. The summed E-state index contributed by atoms with van der Waals surface area (Å²) in [6, 6.07) is 25.1. The van der Waals surface area contributed by atoms with Gasteiger partial charge >= 0.3 is 13.7 Å². The quantitative estimate of drug-likeness (QED) is 0.415. The zero-order valence-electron chi connectivity index (χ0n) is 17.7. The maximum atomic E-state index is 13.1. The number of hydrogen-bond donors (Lipinski definition) is 2. The molecule has 1 amide bonds. The summed E-state index contributed by atoms with van der Waals surface area (Å²) in [5.74, 6) is -0.718. The van der Waals surface area contributed by atoms with Crippen LogP contribution in [0.1, 0.15) is 22.5 Å². The molecule has 8 heteroatoms. The van der Waals surface area contributed by atoms with E-state index in [1.54, 1.807) is 24.3 Å². The van der Waals surface area contributed by atoms with Crippen LogP contribution in [-0.4, -0.2) is 24.7 Å². The molecule has 3 aromatic carbocycles. The van der Waals surface area contributed by atoms with Crippen molar-refractivity contribution in [2.45, 2.75) is 18.8 Å². The minimum atomic E-state index is -4.29. The predicted octanol–water partition coefficient (Wildman–Crippen LogP) is 5.06. The molecule has 0 aliphatic heterocycles. The Morgan fingerprint density at radius 1 is 0.938 bits per heavy atom. The van der Waals surface area contributed by atoms with E-state index in [1.807, 2.05) is 60.7 Å². The molecule has 3 rings (SSSR count). The van der Waals surface area contributed by atoms with E-state index in [9.17, 15) is 14.3 Å². The molecular weight excluding hydrogens is 429 g/mol. The number of carbonyl (C=O) groups is 1. The van der Waals surface area contributed by atoms with Gasteiger partial charge in [0.05, 0.1) is 13.7 Å². The summed E-state index contributed by atoms with van der Waals surface area (Å²) in [5.41, 5.74) is 2.17. The summed E-state index contributed by atoms with van der Waals surface area (Å²) in [6.07, 6.45) is -0.366. The van der Waals surface area contributed by atoms with E-state index in [1.165, 1.54) is 7.11 Å². The molecule has 0 radical (unpaired) electrons. The maximum absolute atomic E-state index is 13.1. The van der Waals surface area contributed by atoms with Gasteiger partial charge in [0, 0.05) is 0 Å². The number of benzene rings is 3. The SMILES string of the molecule is COc1ccc(C(NC(=O)OCc2ccccc2)P(=O)(O)OCCc2ccccc2)cc1. The molecule has 3 aromatic rings. The van der Waals surface area contributed by atoms with Crippen molar-refractivity contribution in [2.24, 2.45) is 0 Å². The second-order valence-electron chi connectivity index (χ2n) is 7.01. The van der Waals surface area contributed by atoms with Gasteiger partial charge in [-0.1, -0.05) is 72.8 Å². The van der Waals surface area contributed by atoms with E-state index >= 15 is 0 Å². The Labute approximate surface area is 187 Å². The third-order valence-electron chi connectivity index (χ3n) is 4.73. The Morgan fingerprint density at radius 3 is 2.12 bits per heavy atom. The first kappa shape index (κ1) is 23.5. The number of carbonyl (C=O) groups excluding carboxylic acids is 1. The molecule has 7 nitrogen and oxygen atoms in total. The average molecular weight is 455 g/mol. The molecule has 0 heterocycles. The van der Waals surface area contributed by atoms with Gasteiger partial charge in [0.25, 0.3) is 0 Å². The lowest BCUT2D eigenvalue weighted by Gasteiger charge is -2.24. The molecule has 0 aliphatic rings. The highest BCUT2D eigenvalue weighted by Crippen LogP contribution is 2.55. The van der Waals surface area contributed by atoms with Crippen LogP contribution in [0.5, 0.6) is 5.75 Å². The van der Waals surface area contributed by atoms with Crippen LogP contribution in [0.3, 0.4) is 0 Å². The second kappa shape index (κ2) is 11.5. The number of amides is 1. The first-order valence-corrected chi connectivity index (χ1v) is 11.7. The molecule has 0 fully saturated rings. The zero-order chi connectivity index (χ0) is 22.8. The second-order valence-corrected chi connectivity index (χ2v) is 8.92. The summed E-state index contributed by atoms with van der Waals surface area (Å²) in [7, 11) is -2.76. The number of nitrogens with one attached hydrogen (secondary N) is 1. The minimum absolute atomic E-state index is 0.0190. The van der Waals surface area contributed by atoms with Gasteiger partial charge in [0.2, 0.25) is 0 Å². The van der Waals surface area contributed by atoms with Crippen molar-refractivity contribution in [3.8, 4) is 5.75 Å². The van der Waals surface area contributed by atoms with Crippen molar-refractivity contribution in [3.63, 3.8) is 0 Å². The van der Waals surface area contributed by atoms with Crippen molar-refractivity contribution in [1.82, 2.24) is 5.32 Å². The first-order chi connectivity index (χ1) is 15.5. The van der Waals surface area contributed by atoms with Crippen LogP contribution in [0.4, 0.5) is 4.79 Å². The fraction of sp³-hybridized carbons (Fsp3) is 0.208. The normalized spacial score (nSPS) is 13.6. The standard InChI is InChI=1S/C24H26NO6P/c1-29-22-14-12-21(13-15-22)23(25-24(26)30-18-20-10-6-3-7-11-20)32(27,28)31-17-16-19-8-4-2-5-9-19/h2-15,23H,16-18H2,1H3,(H,25,26)(H,27,28). The summed E-state index contributed by atoms with van der Waals surface area (Å²) in [6.45, 7) is 0.0534. The Bertz CT molecular complexity index is 1030. The molecule has 0 bridgehead atoms. The molecule has 0 saturated carbocycles. The third kappa shape index (κ3) is 6.95. The van der Waals surface area contributed by atoms with Crippen molar-refractivity contribution in [2.75, 3.05) is 13.7 Å². The number of rotatable bonds is 10. The van der Waals surface area contributed by atoms with E-state index in [4.69, 9.17) is 14.0 Å². The van der Waals surface area contributed by atoms with E-state index in [2.05, 4.69) is 5.32 Å². The van der Waals surface area contributed by atoms with E-state index < -0.39 is 19.5 Å². The summed E-state index contributed by atoms with van der Waals surface area (Å²) < 4.78 is 28.9. The Morgan fingerprint density at radius 2 is 1.53 bits per heavy atom. The lowest BCUT2D eigenvalue weighted by molar-refractivity contribution is 0.136. The summed E-state index contributed by atoms with van der Waals surface area (Å²) >= 11 is 0. The molecule has 2 atom stereocenters. The monoisotopic (exact) mass is 455 g/mol. The molecule has 2 N–H and O–H groups in total. The zero-order valence-corrected chi connectivity index (χ0v) is 18.6. The van der Waals surface area contributed by atoms with E-state index in [0.717, 1.165) is 11.1 Å². The molecular formula is C24H26NO6P. The topological polar surface area (TPSA) is 94.1 Å². The lowest BCUT2D eigenvalue weighted by Crippen LogP contribution is -2.29. The van der Waals surface area contributed by atoms with Crippen LogP contribution in [0.15, 0.2) is 84.9 Å². The van der Waals surface area contributed by atoms with Crippen molar-refractivity contribution >= 4 is 13.7 Å². The predicted molar refractivity (Wildman–Crippen MR) is 121 cm³/mol. The molecule has 0 saturated heterocycles. The largest absolute Gasteiger partial charge is 0.497 e. The van der Waals surface area contributed by atoms with Crippen LogP contribution in [0.25, 0.3) is 0 Å². The maximum Gasteiger partial charge on any atom is 0.408 e. The molecule has 32 heavy (non-hydrogen) atoms. The van der Waals surface area contributed by atoms with Crippen molar-refractivity contribution in [3.05, 3.63) is 102 Å². The van der Waals surface area contributed by atoms with Gasteiger partial charge in [-0.15, -0.1) is 0 Å². The average Bonchev–Trinajstić information content (AvgIpc) is 2.82. The van der Waals surface area contributed by atoms with E-state index in [0.29, 0.717) is 17.7 Å². The van der Waals surface area contributed by atoms with E-state index in [-0.39, 0.29) is 13.2 Å². The van der Waals surface area contributed by atoms with Gasteiger partial charge in [0.1, 0.15) is 12.4 Å². The van der Waals surface area contributed by atoms with Crippen molar-refractivity contribution in [1.29, 1.82) is 0 Å². The highest BCUT2D eigenvalue weighted by atomic mass is 31.2. The summed E-state index contributed by atoms with van der Waals surface area (Å²) in [5, 5.41) is 2.49. The number of hydrogen-bond acceptors (Lipinski definition) is 5. The van der Waals surface area contributed by atoms with Crippen LogP contribution >= 0.6 is 7.60 Å². The Kier molecular flexibility index (Phi) is 8.45. The van der Waals surface area contributed by atoms with Crippen molar-refractivity contribution < 1.29 is 28.3 Å². The molecule has 0 aromatic heterocycles. The van der Waals surface area contributed by atoms with Crippen LogP contribution in [0, 0.1) is 0 Å². The molecule has 168 valence electrons. The van der Waals surface area contributed by atoms with Crippen LogP contribution in [0.2, 0.25) is 0 Å². The smallest absolute Gasteiger partial charge is 0.408 e. The fourth-order valence-electron chi connectivity index (χ4n) is 3.03. The van der Waals surface area contributed by atoms with Gasteiger partial charge in [0.15, 0.2) is 5.78 Å². The molecule has 2 unspecified atom stereocenters.